The number of hydrogen-bond donors (Lipinski definition) is 0. The van der Waals surface area contributed by atoms with Gasteiger partial charge >= 0.3 is 0 Å². The van der Waals surface area contributed by atoms with Crippen LogP contribution in [0.4, 0.5) is 0 Å². The molecule has 0 bridgehead atoms. The molecule has 0 rings (SSSR count). The van der Waals surface area contributed by atoms with Crippen LogP contribution in [-0.4, -0.2) is 25.1 Å². The second kappa shape index (κ2) is 4.29. The molecule has 1 heteroatoms. The minimum absolute atomic E-state index is 0.931. The highest BCUT2D eigenvalue weighted by atomic mass is 15.3. The summed E-state index contributed by atoms with van der Waals surface area (Å²) in [5.74, 6) is 0. The Hall–Kier alpha value is -0.560. The zero-order valence-corrected chi connectivity index (χ0v) is 7.46. The van der Waals surface area contributed by atoms with Crippen LogP contribution in [0.15, 0.2) is 24.4 Å². The average molecular weight is 140 g/mol. The minimum Gasteiger partial charge on any atom is -0.299 e. The number of quaternary nitrogens is 1. The standard InChI is InChI=1S/C9H18N/c1-5-7-9-10(3,4)8-6-2/h5-8H,9H2,1-4H3/q+1/b7-5+,8-6+. The lowest BCUT2D eigenvalue weighted by Gasteiger charge is -2.22. The van der Waals surface area contributed by atoms with E-state index in [0.29, 0.717) is 0 Å². The Balaban J connectivity index is 3.86. The first kappa shape index (κ1) is 9.44. The van der Waals surface area contributed by atoms with Gasteiger partial charge in [0.2, 0.25) is 0 Å². The van der Waals surface area contributed by atoms with E-state index in [1.54, 1.807) is 0 Å². The molecule has 0 aromatic carbocycles. The third-order valence-electron chi connectivity index (χ3n) is 1.36. The summed E-state index contributed by atoms with van der Waals surface area (Å²) in [5.41, 5.74) is 0. The number of likely N-dealkylation sites (N-methyl/N-ethyl adjacent to an activating group) is 1. The van der Waals surface area contributed by atoms with Crippen LogP contribution in [0.1, 0.15) is 13.8 Å². The minimum atomic E-state index is 0.931. The topological polar surface area (TPSA) is 0 Å². The molecular formula is C9H18N+. The normalized spacial score (nSPS) is 13.6. The third kappa shape index (κ3) is 4.33. The van der Waals surface area contributed by atoms with Crippen LogP contribution in [0.25, 0.3) is 0 Å². The molecule has 0 atom stereocenters. The van der Waals surface area contributed by atoms with Crippen molar-refractivity contribution in [1.82, 2.24) is 0 Å². The SMILES string of the molecule is C/C=C/C[N+](C)(C)/C=C/C. The van der Waals surface area contributed by atoms with E-state index in [0.717, 1.165) is 11.0 Å². The summed E-state index contributed by atoms with van der Waals surface area (Å²) in [6.45, 7) is 5.17. The monoisotopic (exact) mass is 140 g/mol. The average Bonchev–Trinajstić information content (AvgIpc) is 1.84. The maximum absolute atomic E-state index is 2.18. The van der Waals surface area contributed by atoms with E-state index < -0.39 is 0 Å². The van der Waals surface area contributed by atoms with Crippen molar-refractivity contribution in [3.63, 3.8) is 0 Å². The first-order chi connectivity index (χ1) is 4.62. The van der Waals surface area contributed by atoms with Crippen molar-refractivity contribution in [3.05, 3.63) is 24.4 Å². The highest BCUT2D eigenvalue weighted by molar-refractivity contribution is 4.78. The van der Waals surface area contributed by atoms with E-state index in [2.05, 4.69) is 52.4 Å². The van der Waals surface area contributed by atoms with Gasteiger partial charge in [0.15, 0.2) is 0 Å². The lowest BCUT2D eigenvalue weighted by atomic mass is 10.4. The second-order valence-electron chi connectivity index (χ2n) is 3.01. The van der Waals surface area contributed by atoms with E-state index in [1.807, 2.05) is 0 Å². The fraction of sp³-hybridized carbons (Fsp3) is 0.556. The summed E-state index contributed by atoms with van der Waals surface area (Å²) >= 11 is 0. The van der Waals surface area contributed by atoms with E-state index in [4.69, 9.17) is 0 Å². The van der Waals surface area contributed by atoms with Gasteiger partial charge in [0, 0.05) is 0 Å². The molecule has 0 amide bonds. The van der Waals surface area contributed by atoms with Crippen molar-refractivity contribution in [2.24, 2.45) is 0 Å². The van der Waals surface area contributed by atoms with Gasteiger partial charge in [-0.15, -0.1) is 0 Å². The molecule has 0 aromatic heterocycles. The Kier molecular flexibility index (Phi) is 4.05. The summed E-state index contributed by atoms with van der Waals surface area (Å²) < 4.78 is 0.931. The van der Waals surface area contributed by atoms with Gasteiger partial charge in [0.05, 0.1) is 20.3 Å². The van der Waals surface area contributed by atoms with Crippen molar-refractivity contribution in [2.45, 2.75) is 13.8 Å². The predicted molar refractivity (Wildman–Crippen MR) is 46.6 cm³/mol. The summed E-state index contributed by atoms with van der Waals surface area (Å²) in [6, 6.07) is 0. The van der Waals surface area contributed by atoms with Gasteiger partial charge in [-0.1, -0.05) is 6.08 Å². The van der Waals surface area contributed by atoms with Gasteiger partial charge < -0.3 is 0 Å². The van der Waals surface area contributed by atoms with Gasteiger partial charge in [0.25, 0.3) is 0 Å². The number of nitrogens with zero attached hydrogens (tertiary/aromatic N) is 1. The van der Waals surface area contributed by atoms with Crippen LogP contribution in [0.3, 0.4) is 0 Å². The quantitative estimate of drug-likeness (QED) is 0.416. The second-order valence-corrected chi connectivity index (χ2v) is 3.01. The van der Waals surface area contributed by atoms with Crippen LogP contribution in [0.2, 0.25) is 0 Å². The van der Waals surface area contributed by atoms with Crippen LogP contribution < -0.4 is 0 Å². The first-order valence-electron chi connectivity index (χ1n) is 3.70. The van der Waals surface area contributed by atoms with E-state index in [9.17, 15) is 0 Å². The van der Waals surface area contributed by atoms with Crippen molar-refractivity contribution in [1.29, 1.82) is 0 Å². The van der Waals surface area contributed by atoms with Crippen molar-refractivity contribution >= 4 is 0 Å². The van der Waals surface area contributed by atoms with Gasteiger partial charge in [0.1, 0.15) is 6.54 Å². The van der Waals surface area contributed by atoms with Crippen LogP contribution >= 0.6 is 0 Å². The van der Waals surface area contributed by atoms with Crippen molar-refractivity contribution in [3.8, 4) is 0 Å². The molecule has 0 fully saturated rings. The summed E-state index contributed by atoms with van der Waals surface area (Å²) in [5, 5.41) is 0. The largest absolute Gasteiger partial charge is 0.299 e. The fourth-order valence-electron chi connectivity index (χ4n) is 0.841. The van der Waals surface area contributed by atoms with Gasteiger partial charge in [-0.3, -0.25) is 4.48 Å². The van der Waals surface area contributed by atoms with Gasteiger partial charge in [-0.2, -0.15) is 0 Å². The molecule has 0 unspecified atom stereocenters. The molecule has 0 radical (unpaired) electrons. The van der Waals surface area contributed by atoms with Crippen molar-refractivity contribution < 1.29 is 4.48 Å². The molecule has 0 spiro atoms. The number of rotatable bonds is 3. The molecule has 10 heavy (non-hydrogen) atoms. The zero-order valence-electron chi connectivity index (χ0n) is 7.46. The summed E-state index contributed by atoms with van der Waals surface area (Å²) in [7, 11) is 4.36. The molecule has 0 aliphatic heterocycles. The molecular weight excluding hydrogens is 122 g/mol. The Bertz CT molecular complexity index is 132. The smallest absolute Gasteiger partial charge is 0.101 e. The first-order valence-corrected chi connectivity index (χ1v) is 3.70. The van der Waals surface area contributed by atoms with E-state index >= 15 is 0 Å². The fourth-order valence-corrected chi connectivity index (χ4v) is 0.841. The van der Waals surface area contributed by atoms with Crippen molar-refractivity contribution in [2.75, 3.05) is 20.6 Å². The molecule has 0 saturated carbocycles. The third-order valence-corrected chi connectivity index (χ3v) is 1.36. The van der Waals surface area contributed by atoms with Gasteiger partial charge in [-0.25, -0.2) is 0 Å². The number of allylic oxidation sites excluding steroid dienone is 2. The molecule has 1 nitrogen and oxygen atoms in total. The Morgan fingerprint density at radius 1 is 1.10 bits per heavy atom. The van der Waals surface area contributed by atoms with Crippen LogP contribution in [0.5, 0.6) is 0 Å². The lowest BCUT2D eigenvalue weighted by Crippen LogP contribution is -2.32. The van der Waals surface area contributed by atoms with Crippen LogP contribution in [0, 0.1) is 0 Å². The maximum Gasteiger partial charge on any atom is 0.101 e. The summed E-state index contributed by atoms with van der Waals surface area (Å²) in [6.07, 6.45) is 8.53. The molecule has 0 aliphatic carbocycles. The van der Waals surface area contributed by atoms with E-state index in [-0.39, 0.29) is 0 Å². The molecule has 0 heterocycles. The van der Waals surface area contributed by atoms with Gasteiger partial charge in [-0.05, 0) is 26.0 Å². The lowest BCUT2D eigenvalue weighted by molar-refractivity contribution is -0.832. The maximum atomic E-state index is 2.18. The van der Waals surface area contributed by atoms with E-state index in [1.165, 1.54) is 0 Å². The Morgan fingerprint density at radius 2 is 1.70 bits per heavy atom. The molecule has 0 aliphatic rings. The predicted octanol–water partition coefficient (Wildman–Crippen LogP) is 2.17. The molecule has 0 N–H and O–H groups in total. The summed E-state index contributed by atoms with van der Waals surface area (Å²) in [4.78, 5) is 0. The zero-order chi connectivity index (χ0) is 8.04. The Labute approximate surface area is 64.2 Å². The highest BCUT2D eigenvalue weighted by Crippen LogP contribution is 1.97. The molecule has 58 valence electrons. The molecule has 0 aromatic rings. The highest BCUT2D eigenvalue weighted by Gasteiger charge is 2.05. The Morgan fingerprint density at radius 3 is 2.10 bits per heavy atom. The van der Waals surface area contributed by atoms with Crippen LogP contribution in [-0.2, 0) is 0 Å². The number of hydrogen-bond acceptors (Lipinski definition) is 0. The molecule has 0 saturated heterocycles.